The number of hydrogen-bond acceptors (Lipinski definition) is 6. The van der Waals surface area contributed by atoms with Crippen LogP contribution in [0.25, 0.3) is 0 Å². The van der Waals surface area contributed by atoms with Crippen LogP contribution in [0.4, 0.5) is 0 Å². The Labute approximate surface area is 74.4 Å². The van der Waals surface area contributed by atoms with Crippen molar-refractivity contribution in [2.75, 3.05) is 6.61 Å². The van der Waals surface area contributed by atoms with Crippen LogP contribution >= 0.6 is 0 Å². The molecular weight excluding hydrogens is 180 g/mol. The van der Waals surface area contributed by atoms with Gasteiger partial charge in [-0.15, -0.1) is 0 Å². The van der Waals surface area contributed by atoms with Gasteiger partial charge >= 0.3 is 0 Å². The minimum Gasteiger partial charge on any atom is -0.394 e. The fourth-order valence-corrected chi connectivity index (χ4v) is 1.24. The van der Waals surface area contributed by atoms with Crippen LogP contribution in [0.3, 0.4) is 0 Å². The Balaban J connectivity index is 2.87. The molecule has 1 aliphatic rings. The van der Waals surface area contributed by atoms with E-state index in [0.29, 0.717) is 0 Å². The Kier molecular flexibility index (Phi) is 2.69. The molecule has 4 atom stereocenters. The van der Waals surface area contributed by atoms with Crippen LogP contribution in [0.15, 0.2) is 0 Å². The van der Waals surface area contributed by atoms with Gasteiger partial charge < -0.3 is 25.2 Å². The molecule has 0 aromatic carbocycles. The van der Waals surface area contributed by atoms with E-state index < -0.39 is 36.5 Å². The molecule has 1 fully saturated rings. The van der Waals surface area contributed by atoms with Crippen LogP contribution in [0.1, 0.15) is 6.92 Å². The lowest BCUT2D eigenvalue weighted by molar-refractivity contribution is -0.222. The summed E-state index contributed by atoms with van der Waals surface area (Å²) in [4.78, 5) is 10.9. The van der Waals surface area contributed by atoms with Gasteiger partial charge in [-0.3, -0.25) is 4.79 Å². The smallest absolute Gasteiger partial charge is 0.256 e. The Morgan fingerprint density at radius 1 is 1.54 bits per heavy atom. The first kappa shape index (κ1) is 10.6. The second-order valence-electron chi connectivity index (χ2n) is 3.03. The average Bonchev–Trinajstić information content (AvgIpc) is 2.31. The molecule has 1 saturated heterocycles. The lowest BCUT2D eigenvalue weighted by Gasteiger charge is -2.22. The lowest BCUT2D eigenvalue weighted by Crippen LogP contribution is -2.48. The number of rotatable bonds is 2. The van der Waals surface area contributed by atoms with E-state index in [-0.39, 0.29) is 0 Å². The van der Waals surface area contributed by atoms with E-state index in [4.69, 9.17) is 5.11 Å². The largest absolute Gasteiger partial charge is 0.394 e. The minimum absolute atomic E-state index is 0.576. The van der Waals surface area contributed by atoms with Gasteiger partial charge in [0, 0.05) is 6.92 Å². The fourth-order valence-electron chi connectivity index (χ4n) is 1.24. The minimum atomic E-state index is -2.40. The molecule has 0 bridgehead atoms. The molecule has 0 saturated carbocycles. The van der Waals surface area contributed by atoms with E-state index in [0.717, 1.165) is 6.92 Å². The van der Waals surface area contributed by atoms with Crippen LogP contribution in [0.5, 0.6) is 0 Å². The van der Waals surface area contributed by atoms with Crippen LogP contribution in [-0.4, -0.2) is 56.9 Å². The fraction of sp³-hybridized carbons (Fsp3) is 0.857. The third kappa shape index (κ3) is 1.47. The van der Waals surface area contributed by atoms with Gasteiger partial charge in [0.2, 0.25) is 0 Å². The van der Waals surface area contributed by atoms with Crippen molar-refractivity contribution in [1.82, 2.24) is 0 Å². The molecule has 13 heavy (non-hydrogen) atoms. The summed E-state index contributed by atoms with van der Waals surface area (Å²) in [5.41, 5.74) is 0. The summed E-state index contributed by atoms with van der Waals surface area (Å²) >= 11 is 0. The van der Waals surface area contributed by atoms with Crippen molar-refractivity contribution in [1.29, 1.82) is 0 Å². The monoisotopic (exact) mass is 192 g/mol. The SMILES string of the molecule is CC(=O)[C@]1(O)O[C@H](CO)[C@@H](O)[C@H]1O. The van der Waals surface area contributed by atoms with Crippen molar-refractivity contribution in [2.24, 2.45) is 0 Å². The van der Waals surface area contributed by atoms with Gasteiger partial charge in [-0.2, -0.15) is 0 Å². The van der Waals surface area contributed by atoms with Crippen LogP contribution in [0, 0.1) is 0 Å². The number of aliphatic hydroxyl groups excluding tert-OH is 3. The molecule has 1 heterocycles. The topological polar surface area (TPSA) is 107 Å². The van der Waals surface area contributed by atoms with Gasteiger partial charge in [0.25, 0.3) is 5.79 Å². The zero-order valence-electron chi connectivity index (χ0n) is 7.04. The van der Waals surface area contributed by atoms with Crippen molar-refractivity contribution in [3.05, 3.63) is 0 Å². The molecule has 0 spiro atoms. The van der Waals surface area contributed by atoms with Crippen LogP contribution < -0.4 is 0 Å². The van der Waals surface area contributed by atoms with Crippen LogP contribution in [-0.2, 0) is 9.53 Å². The van der Waals surface area contributed by atoms with Crippen LogP contribution in [0.2, 0.25) is 0 Å². The van der Waals surface area contributed by atoms with E-state index in [1.807, 2.05) is 0 Å². The first-order chi connectivity index (χ1) is 5.93. The Hall–Kier alpha value is -0.530. The first-order valence-electron chi connectivity index (χ1n) is 3.81. The van der Waals surface area contributed by atoms with Crippen molar-refractivity contribution in [2.45, 2.75) is 31.0 Å². The number of ketones is 1. The highest BCUT2D eigenvalue weighted by atomic mass is 16.7. The number of carbonyl (C=O) groups excluding carboxylic acids is 1. The van der Waals surface area contributed by atoms with E-state index in [2.05, 4.69) is 4.74 Å². The molecule has 0 aromatic rings. The van der Waals surface area contributed by atoms with Crippen molar-refractivity contribution < 1.29 is 30.0 Å². The van der Waals surface area contributed by atoms with Crippen molar-refractivity contribution in [3.63, 3.8) is 0 Å². The van der Waals surface area contributed by atoms with Crippen molar-refractivity contribution in [3.8, 4) is 0 Å². The quantitative estimate of drug-likeness (QED) is 0.381. The predicted molar refractivity (Wildman–Crippen MR) is 39.6 cm³/mol. The summed E-state index contributed by atoms with van der Waals surface area (Å²) < 4.78 is 4.64. The molecule has 1 aliphatic heterocycles. The Bertz CT molecular complexity index is 217. The Morgan fingerprint density at radius 2 is 2.08 bits per heavy atom. The number of hydrogen-bond donors (Lipinski definition) is 4. The van der Waals surface area contributed by atoms with Gasteiger partial charge in [-0.1, -0.05) is 0 Å². The summed E-state index contributed by atoms with van der Waals surface area (Å²) in [6, 6.07) is 0. The predicted octanol–water partition coefficient (Wildman–Crippen LogP) is -2.62. The van der Waals surface area contributed by atoms with E-state index in [1.165, 1.54) is 0 Å². The normalized spacial score (nSPS) is 45.2. The summed E-state index contributed by atoms with van der Waals surface area (Å²) in [6.45, 7) is 0.448. The summed E-state index contributed by atoms with van der Waals surface area (Å²) in [7, 11) is 0. The maximum Gasteiger partial charge on any atom is 0.256 e. The van der Waals surface area contributed by atoms with E-state index in [9.17, 15) is 20.1 Å². The Morgan fingerprint density at radius 3 is 2.31 bits per heavy atom. The molecule has 0 radical (unpaired) electrons. The second kappa shape index (κ2) is 3.32. The summed E-state index contributed by atoms with van der Waals surface area (Å²) in [6.07, 6.45) is -4.31. The summed E-state index contributed by atoms with van der Waals surface area (Å²) in [5, 5.41) is 36.5. The zero-order chi connectivity index (χ0) is 10.2. The molecule has 1 rings (SSSR count). The second-order valence-corrected chi connectivity index (χ2v) is 3.03. The number of aliphatic hydroxyl groups is 4. The molecule has 0 aromatic heterocycles. The van der Waals surface area contributed by atoms with Crippen molar-refractivity contribution >= 4 is 5.78 Å². The number of ether oxygens (including phenoxy) is 1. The third-order valence-corrected chi connectivity index (χ3v) is 2.12. The molecule has 4 N–H and O–H groups in total. The average molecular weight is 192 g/mol. The van der Waals surface area contributed by atoms with Gasteiger partial charge in [0.05, 0.1) is 6.61 Å². The van der Waals surface area contributed by atoms with E-state index in [1.54, 1.807) is 0 Å². The highest BCUT2D eigenvalue weighted by Gasteiger charge is 2.56. The van der Waals surface area contributed by atoms with Gasteiger partial charge in [-0.05, 0) is 0 Å². The molecule has 0 aliphatic carbocycles. The molecule has 0 unspecified atom stereocenters. The zero-order valence-corrected chi connectivity index (χ0v) is 7.04. The third-order valence-electron chi connectivity index (χ3n) is 2.12. The number of carbonyl (C=O) groups is 1. The number of Topliss-reactive ketones (excluding diaryl/α,β-unsaturated/α-hetero) is 1. The standard InChI is InChI=1S/C7H12O6/c1-3(9)7(12)6(11)5(10)4(2-8)13-7/h4-6,8,10-12H,2H2,1H3/t4-,5-,6-,7+/m1/s1. The molecule has 76 valence electrons. The molecule has 6 heteroatoms. The maximum atomic E-state index is 10.9. The highest BCUT2D eigenvalue weighted by molar-refractivity contribution is 5.84. The highest BCUT2D eigenvalue weighted by Crippen LogP contribution is 2.29. The van der Waals surface area contributed by atoms with Gasteiger partial charge in [0.15, 0.2) is 5.78 Å². The first-order valence-corrected chi connectivity index (χ1v) is 3.81. The summed E-state index contributed by atoms with van der Waals surface area (Å²) in [5.74, 6) is -3.21. The lowest BCUT2D eigenvalue weighted by atomic mass is 10.0. The van der Waals surface area contributed by atoms with Gasteiger partial charge in [-0.25, -0.2) is 0 Å². The molecule has 0 amide bonds. The molecular formula is C7H12O6. The maximum absolute atomic E-state index is 10.9. The van der Waals surface area contributed by atoms with E-state index >= 15 is 0 Å². The molecule has 6 nitrogen and oxygen atoms in total. The van der Waals surface area contributed by atoms with Gasteiger partial charge in [0.1, 0.15) is 18.3 Å².